The smallest absolute Gasteiger partial charge is 0.269 e. The third kappa shape index (κ3) is 3.54. The number of nitrogens with one attached hydrogen (secondary N) is 2. The molecule has 0 bridgehead atoms. The molecule has 1 fully saturated rings. The van der Waals surface area contributed by atoms with Crippen molar-refractivity contribution in [3.8, 4) is 0 Å². The summed E-state index contributed by atoms with van der Waals surface area (Å²) in [4.78, 5) is 25.4. The van der Waals surface area contributed by atoms with Crippen LogP contribution in [0.3, 0.4) is 0 Å². The number of hydrogen-bond acceptors (Lipinski definition) is 4. The van der Waals surface area contributed by atoms with Gasteiger partial charge in [0.2, 0.25) is 0 Å². The first-order valence-corrected chi connectivity index (χ1v) is 10.7. The summed E-state index contributed by atoms with van der Waals surface area (Å²) in [5, 5.41) is 0. The molecule has 0 aliphatic heterocycles. The van der Waals surface area contributed by atoms with Gasteiger partial charge in [-0.1, -0.05) is 43.2 Å². The van der Waals surface area contributed by atoms with Crippen molar-refractivity contribution in [1.82, 2.24) is 10.9 Å². The topological polar surface area (TPSA) is 92.3 Å². The van der Waals surface area contributed by atoms with Crippen molar-refractivity contribution in [1.29, 1.82) is 0 Å². The van der Waals surface area contributed by atoms with Gasteiger partial charge >= 0.3 is 0 Å². The van der Waals surface area contributed by atoms with Crippen LogP contribution in [0.15, 0.2) is 53.4 Å². The lowest BCUT2D eigenvalue weighted by atomic mass is 10.1. The van der Waals surface area contributed by atoms with Gasteiger partial charge in [0, 0.05) is 5.56 Å². The van der Waals surface area contributed by atoms with Crippen molar-refractivity contribution in [2.45, 2.75) is 49.2 Å². The lowest BCUT2D eigenvalue weighted by molar-refractivity contribution is -0.124. The SMILES string of the molecule is Cc1ccc(C)c(S(=O)(=O)C2(C(=O)NNC(=O)c3ccccc3)CCCC2)c1. The average Bonchev–Trinajstić information content (AvgIpc) is 3.20. The number of amides is 2. The third-order valence-corrected chi connectivity index (χ3v) is 7.94. The number of hydrogen-bond donors (Lipinski definition) is 2. The first kappa shape index (κ1) is 20.1. The van der Waals surface area contributed by atoms with Gasteiger partial charge in [0.25, 0.3) is 11.8 Å². The second-order valence-electron chi connectivity index (χ2n) is 7.25. The standard InChI is InChI=1S/C21H24N2O4S/c1-15-10-11-16(2)18(14-15)28(26,27)21(12-6-7-13-21)20(25)23-22-19(24)17-8-4-3-5-9-17/h3-5,8-11,14H,6-7,12-13H2,1-2H3,(H,22,24)(H,23,25). The van der Waals surface area contributed by atoms with Gasteiger partial charge in [-0.25, -0.2) is 8.42 Å². The number of sulfone groups is 1. The van der Waals surface area contributed by atoms with Crippen LogP contribution in [0.2, 0.25) is 0 Å². The minimum Gasteiger partial charge on any atom is -0.271 e. The zero-order chi connectivity index (χ0) is 20.4. The molecule has 0 heterocycles. The fraction of sp³-hybridized carbons (Fsp3) is 0.333. The Morgan fingerprint density at radius 1 is 0.929 bits per heavy atom. The Hall–Kier alpha value is -2.67. The maximum Gasteiger partial charge on any atom is 0.269 e. The van der Waals surface area contributed by atoms with Crippen LogP contribution in [0.1, 0.15) is 47.2 Å². The Bertz CT molecular complexity index is 994. The molecule has 2 aromatic carbocycles. The van der Waals surface area contributed by atoms with Crippen LogP contribution in [-0.4, -0.2) is 25.0 Å². The fourth-order valence-corrected chi connectivity index (χ4v) is 6.04. The highest BCUT2D eigenvalue weighted by molar-refractivity contribution is 7.93. The van der Waals surface area contributed by atoms with E-state index in [9.17, 15) is 18.0 Å². The second-order valence-corrected chi connectivity index (χ2v) is 9.48. The number of carbonyl (C=O) groups is 2. The molecule has 1 saturated carbocycles. The molecule has 1 aliphatic rings. The van der Waals surface area contributed by atoms with Crippen molar-refractivity contribution in [2.24, 2.45) is 0 Å². The van der Waals surface area contributed by atoms with Crippen LogP contribution < -0.4 is 10.9 Å². The Kier molecular flexibility index (Phi) is 5.56. The monoisotopic (exact) mass is 400 g/mol. The Morgan fingerprint density at radius 3 is 2.21 bits per heavy atom. The molecule has 6 nitrogen and oxygen atoms in total. The zero-order valence-corrected chi connectivity index (χ0v) is 16.8. The van der Waals surface area contributed by atoms with Gasteiger partial charge in [0.1, 0.15) is 0 Å². The Balaban J connectivity index is 1.88. The van der Waals surface area contributed by atoms with Crippen LogP contribution >= 0.6 is 0 Å². The van der Waals surface area contributed by atoms with Crippen molar-refractivity contribution in [2.75, 3.05) is 0 Å². The predicted octanol–water partition coefficient (Wildman–Crippen LogP) is 2.85. The van der Waals surface area contributed by atoms with Crippen LogP contribution in [0.5, 0.6) is 0 Å². The lowest BCUT2D eigenvalue weighted by Crippen LogP contribution is -2.55. The maximum atomic E-state index is 13.5. The molecule has 2 aromatic rings. The summed E-state index contributed by atoms with van der Waals surface area (Å²) in [6.07, 6.45) is 1.75. The molecule has 0 aromatic heterocycles. The summed E-state index contributed by atoms with van der Waals surface area (Å²) >= 11 is 0. The molecule has 0 atom stereocenters. The van der Waals surface area contributed by atoms with Gasteiger partial charge in [0.15, 0.2) is 14.6 Å². The van der Waals surface area contributed by atoms with Crippen LogP contribution in [0.25, 0.3) is 0 Å². The predicted molar refractivity (Wildman–Crippen MR) is 106 cm³/mol. The molecule has 0 unspecified atom stereocenters. The third-order valence-electron chi connectivity index (χ3n) is 5.30. The Morgan fingerprint density at radius 2 is 1.57 bits per heavy atom. The van der Waals surface area contributed by atoms with E-state index in [1.807, 2.05) is 13.0 Å². The number of hydrazine groups is 1. The number of benzene rings is 2. The van der Waals surface area contributed by atoms with Gasteiger partial charge in [-0.2, -0.15) is 0 Å². The molecular formula is C21H24N2O4S. The summed E-state index contributed by atoms with van der Waals surface area (Å²) in [6, 6.07) is 13.6. The van der Waals surface area contributed by atoms with E-state index in [1.54, 1.807) is 49.4 Å². The van der Waals surface area contributed by atoms with Gasteiger partial charge in [-0.15, -0.1) is 0 Å². The molecule has 148 valence electrons. The van der Waals surface area contributed by atoms with Crippen molar-refractivity contribution in [3.63, 3.8) is 0 Å². The van der Waals surface area contributed by atoms with Crippen molar-refractivity contribution in [3.05, 3.63) is 65.2 Å². The molecule has 2 N–H and O–H groups in total. The molecule has 7 heteroatoms. The molecule has 2 amide bonds. The molecule has 0 radical (unpaired) electrons. The Labute approximate surface area is 165 Å². The summed E-state index contributed by atoms with van der Waals surface area (Å²) in [6.45, 7) is 3.55. The average molecular weight is 401 g/mol. The van der Waals surface area contributed by atoms with E-state index in [4.69, 9.17) is 0 Å². The molecule has 3 rings (SSSR count). The summed E-state index contributed by atoms with van der Waals surface area (Å²) < 4.78 is 25.5. The van der Waals surface area contributed by atoms with E-state index >= 15 is 0 Å². The lowest BCUT2D eigenvalue weighted by Gasteiger charge is -2.28. The van der Waals surface area contributed by atoms with E-state index in [0.29, 0.717) is 24.0 Å². The molecular weight excluding hydrogens is 376 g/mol. The summed E-state index contributed by atoms with van der Waals surface area (Å²) in [7, 11) is -3.93. The van der Waals surface area contributed by atoms with E-state index < -0.39 is 26.4 Å². The zero-order valence-electron chi connectivity index (χ0n) is 16.0. The highest BCUT2D eigenvalue weighted by atomic mass is 32.2. The first-order chi connectivity index (χ1) is 13.3. The van der Waals surface area contributed by atoms with E-state index in [1.165, 1.54) is 0 Å². The van der Waals surface area contributed by atoms with Gasteiger partial charge in [-0.3, -0.25) is 20.4 Å². The van der Waals surface area contributed by atoms with Crippen LogP contribution in [0, 0.1) is 13.8 Å². The van der Waals surface area contributed by atoms with Crippen LogP contribution in [0.4, 0.5) is 0 Å². The van der Waals surface area contributed by atoms with E-state index in [-0.39, 0.29) is 17.7 Å². The molecule has 1 aliphatic carbocycles. The quantitative estimate of drug-likeness (QED) is 0.772. The van der Waals surface area contributed by atoms with Crippen molar-refractivity contribution >= 4 is 21.7 Å². The fourth-order valence-electron chi connectivity index (χ4n) is 3.66. The summed E-state index contributed by atoms with van der Waals surface area (Å²) in [5.41, 5.74) is 6.50. The number of aryl methyl sites for hydroxylation is 2. The second kappa shape index (κ2) is 7.75. The van der Waals surface area contributed by atoms with Crippen molar-refractivity contribution < 1.29 is 18.0 Å². The van der Waals surface area contributed by atoms with Crippen LogP contribution in [-0.2, 0) is 14.6 Å². The minimum atomic E-state index is -3.93. The first-order valence-electron chi connectivity index (χ1n) is 9.26. The van der Waals surface area contributed by atoms with Gasteiger partial charge < -0.3 is 0 Å². The summed E-state index contributed by atoms with van der Waals surface area (Å²) in [5.74, 6) is -1.18. The maximum absolute atomic E-state index is 13.5. The minimum absolute atomic E-state index is 0.180. The van der Waals surface area contributed by atoms with Gasteiger partial charge in [-0.05, 0) is 56.0 Å². The van der Waals surface area contributed by atoms with E-state index in [2.05, 4.69) is 10.9 Å². The normalized spacial score (nSPS) is 15.8. The number of rotatable bonds is 4. The largest absolute Gasteiger partial charge is 0.271 e. The highest BCUT2D eigenvalue weighted by Gasteiger charge is 2.53. The van der Waals surface area contributed by atoms with Gasteiger partial charge in [0.05, 0.1) is 4.90 Å². The van der Waals surface area contributed by atoms with E-state index in [0.717, 1.165) is 5.56 Å². The highest BCUT2D eigenvalue weighted by Crippen LogP contribution is 2.41. The molecule has 0 spiro atoms. The molecule has 28 heavy (non-hydrogen) atoms. The molecule has 0 saturated heterocycles. The number of carbonyl (C=O) groups excluding carboxylic acids is 2.